The van der Waals surface area contributed by atoms with Crippen molar-refractivity contribution in [3.8, 4) is 0 Å². The van der Waals surface area contributed by atoms with Crippen LogP contribution in [0.5, 0.6) is 0 Å². The van der Waals surface area contributed by atoms with E-state index in [1.807, 2.05) is 0 Å². The summed E-state index contributed by atoms with van der Waals surface area (Å²) in [7, 11) is 0. The molecule has 19 heavy (non-hydrogen) atoms. The first-order valence-electron chi connectivity index (χ1n) is 5.30. The third-order valence-electron chi connectivity index (χ3n) is 2.37. The molecular weight excluding hydrogens is 271 g/mol. The predicted molar refractivity (Wildman–Crippen MR) is 71.8 cm³/mol. The van der Waals surface area contributed by atoms with Crippen LogP contribution in [0.3, 0.4) is 0 Å². The molecule has 6 heteroatoms. The van der Waals surface area contributed by atoms with Crippen molar-refractivity contribution in [2.24, 2.45) is 4.99 Å². The molecule has 0 saturated heterocycles. The zero-order chi connectivity index (χ0) is 13.8. The molecule has 0 spiro atoms. The lowest BCUT2D eigenvalue weighted by atomic mass is 10.2. The van der Waals surface area contributed by atoms with Crippen LogP contribution in [-0.4, -0.2) is 11.1 Å². The van der Waals surface area contributed by atoms with Gasteiger partial charge in [0.05, 0.1) is 15.6 Å². The Morgan fingerprint density at radius 3 is 2.47 bits per heavy atom. The number of nitro benzene ring substituents is 1. The highest BCUT2D eigenvalue weighted by Crippen LogP contribution is 2.21. The maximum Gasteiger partial charge on any atom is 0.269 e. The van der Waals surface area contributed by atoms with Gasteiger partial charge in [-0.15, -0.1) is 0 Å². The summed E-state index contributed by atoms with van der Waals surface area (Å²) in [6, 6.07) is 10.0. The Morgan fingerprint density at radius 1 is 1.21 bits per heavy atom. The summed E-state index contributed by atoms with van der Waals surface area (Å²) in [5.74, 6) is -0.504. The molecule has 0 amide bonds. The molecule has 0 radical (unpaired) electrons. The average molecular weight is 279 g/mol. The summed E-state index contributed by atoms with van der Waals surface area (Å²) in [5.41, 5.74) is 1.22. The highest BCUT2D eigenvalue weighted by atomic mass is 35.5. The Kier molecular flexibility index (Phi) is 3.87. The predicted octanol–water partition coefficient (Wildman–Crippen LogP) is 4.14. The molecule has 0 aliphatic heterocycles. The van der Waals surface area contributed by atoms with Crippen LogP contribution < -0.4 is 0 Å². The Morgan fingerprint density at radius 2 is 1.89 bits per heavy atom. The van der Waals surface area contributed by atoms with Crippen LogP contribution >= 0.6 is 11.6 Å². The second-order valence-electron chi connectivity index (χ2n) is 3.71. The molecule has 2 rings (SSSR count). The van der Waals surface area contributed by atoms with Gasteiger partial charge in [0.1, 0.15) is 5.82 Å². The van der Waals surface area contributed by atoms with Crippen LogP contribution in [0.15, 0.2) is 47.5 Å². The number of nitrogens with zero attached hydrogens (tertiary/aromatic N) is 2. The Bertz CT molecular complexity index is 642. The Labute approximate surface area is 113 Å². The van der Waals surface area contributed by atoms with Gasteiger partial charge in [-0.05, 0) is 35.9 Å². The van der Waals surface area contributed by atoms with Crippen molar-refractivity contribution < 1.29 is 9.31 Å². The minimum absolute atomic E-state index is 0.00153. The number of non-ortho nitro benzene ring substituents is 1. The molecule has 0 aliphatic rings. The minimum Gasteiger partial charge on any atom is -0.258 e. The Balaban J connectivity index is 2.17. The molecule has 0 aromatic heterocycles. The van der Waals surface area contributed by atoms with Crippen LogP contribution in [0, 0.1) is 15.9 Å². The van der Waals surface area contributed by atoms with Gasteiger partial charge < -0.3 is 0 Å². The lowest BCUT2D eigenvalue weighted by molar-refractivity contribution is -0.384. The molecule has 0 fully saturated rings. The second kappa shape index (κ2) is 5.58. The number of rotatable bonds is 3. The number of hydrogen-bond acceptors (Lipinski definition) is 3. The number of nitro groups is 1. The van der Waals surface area contributed by atoms with Crippen LogP contribution in [0.2, 0.25) is 5.02 Å². The van der Waals surface area contributed by atoms with E-state index in [9.17, 15) is 14.5 Å². The van der Waals surface area contributed by atoms with Crippen molar-refractivity contribution in [2.75, 3.05) is 0 Å². The zero-order valence-electron chi connectivity index (χ0n) is 9.59. The number of hydrogen-bond donors (Lipinski definition) is 0. The van der Waals surface area contributed by atoms with E-state index in [2.05, 4.69) is 4.99 Å². The van der Waals surface area contributed by atoms with Gasteiger partial charge in [0.25, 0.3) is 5.69 Å². The van der Waals surface area contributed by atoms with Crippen LogP contribution in [0.4, 0.5) is 15.8 Å². The van der Waals surface area contributed by atoms with Crippen LogP contribution in [0.25, 0.3) is 0 Å². The second-order valence-corrected chi connectivity index (χ2v) is 4.11. The van der Waals surface area contributed by atoms with Crippen molar-refractivity contribution in [2.45, 2.75) is 0 Å². The smallest absolute Gasteiger partial charge is 0.258 e. The van der Waals surface area contributed by atoms with Crippen LogP contribution in [-0.2, 0) is 0 Å². The normalized spacial score (nSPS) is 10.8. The van der Waals surface area contributed by atoms with Gasteiger partial charge in [-0.25, -0.2) is 4.39 Å². The third kappa shape index (κ3) is 3.35. The summed E-state index contributed by atoms with van der Waals surface area (Å²) in [6.07, 6.45) is 1.52. The number of aliphatic imine (C=N–C) groups is 1. The summed E-state index contributed by atoms with van der Waals surface area (Å²) in [6.45, 7) is 0. The maximum atomic E-state index is 12.9. The monoisotopic (exact) mass is 278 g/mol. The molecule has 0 aliphatic carbocycles. The summed E-state index contributed by atoms with van der Waals surface area (Å²) in [5, 5.41) is 10.5. The highest BCUT2D eigenvalue weighted by molar-refractivity contribution is 6.31. The molecule has 0 saturated carbocycles. The SMILES string of the molecule is O=[N+]([O-])c1ccc(C=Nc2ccc(F)c(Cl)c2)cc1. The zero-order valence-corrected chi connectivity index (χ0v) is 10.3. The standard InChI is InChI=1S/C13H8ClFN2O2/c14-12-7-10(3-6-13(12)15)16-8-9-1-4-11(5-2-9)17(18)19/h1-8H. The topological polar surface area (TPSA) is 55.5 Å². The molecule has 96 valence electrons. The van der Waals surface area contributed by atoms with Crippen molar-refractivity contribution in [1.82, 2.24) is 0 Å². The number of halogens is 2. The van der Waals surface area contributed by atoms with E-state index in [0.717, 1.165) is 0 Å². The van der Waals surface area contributed by atoms with Gasteiger partial charge in [-0.1, -0.05) is 11.6 Å². The maximum absolute atomic E-state index is 12.9. The van der Waals surface area contributed by atoms with E-state index < -0.39 is 10.7 Å². The lowest BCUT2D eigenvalue weighted by Crippen LogP contribution is -1.88. The largest absolute Gasteiger partial charge is 0.269 e. The van der Waals surface area contributed by atoms with Crippen molar-refractivity contribution in [3.05, 3.63) is 69.0 Å². The van der Waals surface area contributed by atoms with Crippen LogP contribution in [0.1, 0.15) is 5.56 Å². The Hall–Kier alpha value is -2.27. The quantitative estimate of drug-likeness (QED) is 0.481. The van der Waals surface area contributed by atoms with Gasteiger partial charge in [-0.3, -0.25) is 15.1 Å². The third-order valence-corrected chi connectivity index (χ3v) is 2.66. The van der Waals surface area contributed by atoms with Gasteiger partial charge in [-0.2, -0.15) is 0 Å². The van der Waals surface area contributed by atoms with Crippen molar-refractivity contribution >= 4 is 29.2 Å². The average Bonchev–Trinajstić information content (AvgIpc) is 2.40. The van der Waals surface area contributed by atoms with E-state index in [-0.39, 0.29) is 10.7 Å². The summed E-state index contributed by atoms with van der Waals surface area (Å²) in [4.78, 5) is 14.1. The first-order chi connectivity index (χ1) is 9.06. The minimum atomic E-state index is -0.504. The van der Waals surface area contributed by atoms with Gasteiger partial charge in [0.2, 0.25) is 0 Å². The molecule has 0 bridgehead atoms. The van der Waals surface area contributed by atoms with Gasteiger partial charge in [0.15, 0.2) is 0 Å². The lowest BCUT2D eigenvalue weighted by Gasteiger charge is -1.97. The fourth-order valence-electron chi connectivity index (χ4n) is 1.40. The first kappa shape index (κ1) is 13.2. The molecular formula is C13H8ClFN2O2. The van der Waals surface area contributed by atoms with E-state index in [0.29, 0.717) is 11.3 Å². The fourth-order valence-corrected chi connectivity index (χ4v) is 1.57. The summed E-state index contributed by atoms with van der Waals surface area (Å²) < 4.78 is 12.9. The fraction of sp³-hybridized carbons (Fsp3) is 0. The van der Waals surface area contributed by atoms with E-state index in [4.69, 9.17) is 11.6 Å². The highest BCUT2D eigenvalue weighted by Gasteiger charge is 2.03. The van der Waals surface area contributed by atoms with E-state index in [1.54, 1.807) is 12.1 Å². The number of benzene rings is 2. The molecule has 0 heterocycles. The molecule has 0 N–H and O–H groups in total. The van der Waals surface area contributed by atoms with Gasteiger partial charge in [0, 0.05) is 18.3 Å². The first-order valence-corrected chi connectivity index (χ1v) is 5.67. The van der Waals surface area contributed by atoms with Crippen molar-refractivity contribution in [1.29, 1.82) is 0 Å². The molecule has 2 aromatic carbocycles. The van der Waals surface area contributed by atoms with Gasteiger partial charge >= 0.3 is 0 Å². The van der Waals surface area contributed by atoms with Crippen molar-refractivity contribution in [3.63, 3.8) is 0 Å². The van der Waals surface area contributed by atoms with E-state index in [1.165, 1.54) is 36.5 Å². The molecule has 4 nitrogen and oxygen atoms in total. The molecule has 2 aromatic rings. The molecule has 0 unspecified atom stereocenters. The molecule has 0 atom stereocenters. The summed E-state index contributed by atoms with van der Waals surface area (Å²) >= 11 is 5.63. The van der Waals surface area contributed by atoms with E-state index >= 15 is 0 Å².